The summed E-state index contributed by atoms with van der Waals surface area (Å²) in [6, 6.07) is 48.8. The quantitative estimate of drug-likeness (QED) is 0.120. The minimum absolute atomic E-state index is 0.0417. The summed E-state index contributed by atoms with van der Waals surface area (Å²) in [7, 11) is -1.50. The van der Waals surface area contributed by atoms with Crippen LogP contribution < -0.4 is 4.74 Å². The van der Waals surface area contributed by atoms with Gasteiger partial charge in [-0.15, -0.1) is 0 Å². The second-order valence-corrected chi connectivity index (χ2v) is 25.9. The number of methoxy groups -OCH3 is 1. The van der Waals surface area contributed by atoms with Crippen LogP contribution in [0.15, 0.2) is 144 Å². The minimum atomic E-state index is -3.20. The molecule has 0 bridgehead atoms. The van der Waals surface area contributed by atoms with E-state index in [0.717, 1.165) is 40.8 Å². The van der Waals surface area contributed by atoms with Crippen LogP contribution >= 0.6 is 0 Å². The van der Waals surface area contributed by atoms with Gasteiger partial charge in [-0.2, -0.15) is 0 Å². The second kappa shape index (κ2) is 27.3. The van der Waals surface area contributed by atoms with E-state index in [1.54, 1.807) is 7.11 Å². The van der Waals surface area contributed by atoms with Gasteiger partial charge in [0.05, 0.1) is 10.5 Å². The fourth-order valence-corrected chi connectivity index (χ4v) is 10.2. The van der Waals surface area contributed by atoms with Crippen molar-refractivity contribution in [2.45, 2.75) is 171 Å². The van der Waals surface area contributed by atoms with Gasteiger partial charge < -0.3 is 18.9 Å². The number of hydrogen-bond acceptors (Lipinski definition) is 8. The molecule has 0 saturated heterocycles. The number of esters is 2. The maximum atomic E-state index is 12.0. The molecule has 76 heavy (non-hydrogen) atoms. The maximum Gasteiger partial charge on any atom is 0.303 e. The van der Waals surface area contributed by atoms with E-state index in [4.69, 9.17) is 18.9 Å². The summed E-state index contributed by atoms with van der Waals surface area (Å²) in [5.74, 6) is 0.606. The normalized spacial score (nSPS) is 13.4. The van der Waals surface area contributed by atoms with Gasteiger partial charge in [-0.25, -0.2) is 8.42 Å². The van der Waals surface area contributed by atoms with Crippen molar-refractivity contribution in [1.29, 1.82) is 0 Å². The number of hydrogen-bond donors (Lipinski definition) is 0. The van der Waals surface area contributed by atoms with Crippen molar-refractivity contribution in [2.24, 2.45) is 5.41 Å². The van der Waals surface area contributed by atoms with Crippen molar-refractivity contribution < 1.29 is 37.0 Å². The monoisotopic (exact) mass is 1050 g/mol. The summed E-state index contributed by atoms with van der Waals surface area (Å²) >= 11 is 0. The van der Waals surface area contributed by atoms with Crippen LogP contribution in [0, 0.1) is 26.2 Å². The zero-order chi connectivity index (χ0) is 57.5. The van der Waals surface area contributed by atoms with Crippen LogP contribution in [0.5, 0.6) is 5.75 Å². The van der Waals surface area contributed by atoms with Crippen LogP contribution in [-0.2, 0) is 45.5 Å². The Morgan fingerprint density at radius 3 is 1.26 bits per heavy atom. The van der Waals surface area contributed by atoms with Crippen LogP contribution in [0.4, 0.5) is 0 Å². The zero-order valence-corrected chi connectivity index (χ0v) is 50.5. The van der Waals surface area contributed by atoms with E-state index >= 15 is 0 Å². The molecule has 0 atom stereocenters. The lowest BCUT2D eigenvalue weighted by molar-refractivity contribution is -0.152. The summed E-state index contributed by atoms with van der Waals surface area (Å²) in [6.07, 6.45) is 3.06. The highest BCUT2D eigenvalue weighted by Crippen LogP contribution is 2.45. The molecule has 0 amide bonds. The highest BCUT2D eigenvalue weighted by Gasteiger charge is 2.33. The summed E-state index contributed by atoms with van der Waals surface area (Å²) in [6.45, 7) is 35.8. The topological polar surface area (TPSA) is 105 Å². The number of carbonyl (C=O) groups is 2. The van der Waals surface area contributed by atoms with Crippen LogP contribution in [-0.4, -0.2) is 57.1 Å². The average molecular weight is 1060 g/mol. The Bertz CT molecular complexity index is 2750. The SMILES string of the molecule is CC(=O)OC(C)(C)C.CC(=O)OCC1c2ccccc2-c2ccccc21.CC(C)(C)C.CC(c1ccccc1)(c1ccccc1)c1ccccc1.COC(C)(C)C.Cc1c(C)c(S(C)(=O)=O)c(C)c2c1OC(C)(C)CC2. The first-order valence-electron chi connectivity index (χ1n) is 26.4. The molecule has 6 aromatic rings. The Balaban J connectivity index is 0.000000257. The molecule has 0 N–H and O–H groups in total. The van der Waals surface area contributed by atoms with Gasteiger partial charge in [0.2, 0.25) is 0 Å². The van der Waals surface area contributed by atoms with Crippen molar-refractivity contribution in [1.82, 2.24) is 0 Å². The van der Waals surface area contributed by atoms with E-state index in [1.807, 2.05) is 86.6 Å². The van der Waals surface area contributed by atoms with Gasteiger partial charge in [0, 0.05) is 38.5 Å². The largest absolute Gasteiger partial charge is 0.487 e. The van der Waals surface area contributed by atoms with E-state index in [9.17, 15) is 18.0 Å². The second-order valence-electron chi connectivity index (χ2n) is 23.9. The third-order valence-corrected chi connectivity index (χ3v) is 13.9. The molecule has 9 heteroatoms. The molecule has 0 fully saturated rings. The minimum Gasteiger partial charge on any atom is -0.487 e. The van der Waals surface area contributed by atoms with Gasteiger partial charge in [-0.05, 0) is 163 Å². The van der Waals surface area contributed by atoms with Gasteiger partial charge >= 0.3 is 11.9 Å². The molecule has 0 spiro atoms. The molecule has 0 radical (unpaired) electrons. The predicted octanol–water partition coefficient (Wildman–Crippen LogP) is 16.4. The van der Waals surface area contributed by atoms with E-state index < -0.39 is 9.84 Å². The van der Waals surface area contributed by atoms with Crippen molar-refractivity contribution in [3.63, 3.8) is 0 Å². The van der Waals surface area contributed by atoms with Crippen molar-refractivity contribution >= 4 is 21.8 Å². The van der Waals surface area contributed by atoms with Gasteiger partial charge in [0.25, 0.3) is 0 Å². The number of rotatable bonds is 6. The lowest BCUT2D eigenvalue weighted by Crippen LogP contribution is -2.33. The van der Waals surface area contributed by atoms with E-state index in [1.165, 1.54) is 59.0 Å². The maximum absolute atomic E-state index is 12.0. The summed E-state index contributed by atoms with van der Waals surface area (Å²) < 4.78 is 45.0. The molecule has 1 heterocycles. The highest BCUT2D eigenvalue weighted by atomic mass is 32.2. The van der Waals surface area contributed by atoms with E-state index in [-0.39, 0.29) is 40.1 Å². The molecular formula is C67H90O8S. The van der Waals surface area contributed by atoms with Gasteiger partial charge in [0.1, 0.15) is 23.6 Å². The van der Waals surface area contributed by atoms with Crippen molar-refractivity contribution in [3.8, 4) is 16.9 Å². The molecule has 8 nitrogen and oxygen atoms in total. The van der Waals surface area contributed by atoms with Gasteiger partial charge in [0.15, 0.2) is 9.84 Å². The Hall–Kier alpha value is -6.03. The smallest absolute Gasteiger partial charge is 0.303 e. The molecule has 8 rings (SSSR count). The predicted molar refractivity (Wildman–Crippen MR) is 315 cm³/mol. The third-order valence-electron chi connectivity index (χ3n) is 12.6. The van der Waals surface area contributed by atoms with E-state index in [0.29, 0.717) is 16.9 Å². The molecule has 2 aliphatic rings. The first kappa shape index (κ1) is 64.3. The molecule has 6 aromatic carbocycles. The standard InChI is InChI=1S/C20H18.C16H14O2.C15H22O3S.C6H12O2.C5H12O.C5H12/c1-20(17-11-5-2-6-12-17,18-13-7-3-8-14-18)19-15-9-4-10-16-19;1-11(17)18-10-16-14-8-4-2-6-12(14)13-7-3-5-9-15(13)16;1-9-10(2)14(19(6,16)17)11(3)12-7-8-15(4,5)18-13(9)12;1-5(7)8-6(2,3)4;1-5(2,3)6-4;1-5(2,3)4/h2-16H,1H3;2-9,16H,10H2,1H3;7-8H2,1-6H3;1-4H3;1-4H3;1-4H3. The average Bonchev–Trinajstić information content (AvgIpc) is 3.65. The lowest BCUT2D eigenvalue weighted by atomic mass is 9.71. The number of fused-ring (bicyclic) bond motifs is 4. The van der Waals surface area contributed by atoms with Crippen LogP contribution in [0.2, 0.25) is 0 Å². The van der Waals surface area contributed by atoms with Crippen LogP contribution in [0.25, 0.3) is 11.1 Å². The van der Waals surface area contributed by atoms with Crippen molar-refractivity contribution in [2.75, 3.05) is 20.0 Å². The summed E-state index contributed by atoms with van der Waals surface area (Å²) in [5.41, 5.74) is 12.6. The molecule has 0 aromatic heterocycles. The Kier molecular flexibility index (Phi) is 23.1. The van der Waals surface area contributed by atoms with Crippen LogP contribution in [0.1, 0.15) is 166 Å². The number of ether oxygens (including phenoxy) is 4. The first-order valence-corrected chi connectivity index (χ1v) is 28.2. The Morgan fingerprint density at radius 1 is 0.579 bits per heavy atom. The number of carbonyl (C=O) groups excluding carboxylic acids is 2. The molecular weight excluding hydrogens is 965 g/mol. The Labute approximate surface area is 458 Å². The summed E-state index contributed by atoms with van der Waals surface area (Å²) in [4.78, 5) is 21.7. The zero-order valence-electron chi connectivity index (χ0n) is 49.7. The van der Waals surface area contributed by atoms with Gasteiger partial charge in [-0.3, -0.25) is 9.59 Å². The number of sulfone groups is 1. The van der Waals surface area contributed by atoms with Crippen LogP contribution in [0.3, 0.4) is 0 Å². The Morgan fingerprint density at radius 2 is 0.947 bits per heavy atom. The fourth-order valence-electron chi connectivity index (χ4n) is 8.79. The lowest BCUT2D eigenvalue weighted by Gasteiger charge is -2.35. The fraction of sp³-hybridized carbons (Fsp3) is 0.433. The highest BCUT2D eigenvalue weighted by molar-refractivity contribution is 7.90. The van der Waals surface area contributed by atoms with Crippen molar-refractivity contribution in [3.05, 3.63) is 190 Å². The summed E-state index contributed by atoms with van der Waals surface area (Å²) in [5, 5.41) is 0. The van der Waals surface area contributed by atoms with Gasteiger partial charge in [-0.1, -0.05) is 167 Å². The molecule has 1 aliphatic carbocycles. The molecule has 412 valence electrons. The molecule has 1 aliphatic heterocycles. The molecule has 0 saturated carbocycles. The third kappa shape index (κ3) is 19.8. The number of benzene rings is 6. The van der Waals surface area contributed by atoms with E-state index in [2.05, 4.69) is 164 Å². The first-order chi connectivity index (χ1) is 35.1. The molecule has 0 unspecified atom stereocenters.